The molecular formula is C22H21ClN2O3S. The average Bonchev–Trinajstić information content (AvgIpc) is 3.22. The van der Waals surface area contributed by atoms with Gasteiger partial charge in [0.2, 0.25) is 0 Å². The predicted molar refractivity (Wildman–Crippen MR) is 116 cm³/mol. The Balaban J connectivity index is 1.82. The number of aromatic nitrogens is 2. The first-order chi connectivity index (χ1) is 14.0. The van der Waals surface area contributed by atoms with Gasteiger partial charge in [-0.05, 0) is 48.1 Å². The molecule has 0 amide bonds. The fraction of sp³-hybridized carbons (Fsp3) is 0.273. The summed E-state index contributed by atoms with van der Waals surface area (Å²) in [4.78, 5) is 13.5. The van der Waals surface area contributed by atoms with Gasteiger partial charge in [0.25, 0.3) is 5.56 Å². The molecule has 1 atom stereocenters. The van der Waals surface area contributed by atoms with Crippen LogP contribution in [0.2, 0.25) is 5.02 Å². The van der Waals surface area contributed by atoms with Crippen LogP contribution in [0.4, 0.5) is 0 Å². The molecule has 0 saturated heterocycles. The van der Waals surface area contributed by atoms with Crippen molar-refractivity contribution in [3.05, 3.63) is 81.2 Å². The van der Waals surface area contributed by atoms with Crippen LogP contribution in [0, 0.1) is 0 Å². The van der Waals surface area contributed by atoms with Crippen LogP contribution in [0.15, 0.2) is 59.5 Å². The molecule has 1 saturated carbocycles. The number of hydrogen-bond donors (Lipinski definition) is 1. The minimum absolute atomic E-state index is 0.0877. The van der Waals surface area contributed by atoms with Gasteiger partial charge in [0.05, 0.1) is 17.6 Å². The molecule has 1 heterocycles. The van der Waals surface area contributed by atoms with Gasteiger partial charge in [-0.25, -0.2) is 4.21 Å². The van der Waals surface area contributed by atoms with E-state index in [4.69, 9.17) is 16.2 Å². The van der Waals surface area contributed by atoms with E-state index in [1.807, 2.05) is 30.3 Å². The fourth-order valence-electron chi connectivity index (χ4n) is 4.02. The Kier molecular flexibility index (Phi) is 5.94. The molecule has 1 aliphatic carbocycles. The highest BCUT2D eigenvalue weighted by atomic mass is 35.5. The van der Waals surface area contributed by atoms with Crippen molar-refractivity contribution in [2.75, 3.05) is 0 Å². The third kappa shape index (κ3) is 4.34. The molecule has 0 bridgehead atoms. The van der Waals surface area contributed by atoms with Crippen molar-refractivity contribution in [3.8, 4) is 16.8 Å². The van der Waals surface area contributed by atoms with Gasteiger partial charge in [-0.1, -0.05) is 54.8 Å². The maximum absolute atomic E-state index is 13.5. The topological polar surface area (TPSA) is 72.2 Å². The largest absolute Gasteiger partial charge is 0.306 e. The minimum Gasteiger partial charge on any atom is -0.306 e. The zero-order valence-corrected chi connectivity index (χ0v) is 17.3. The summed E-state index contributed by atoms with van der Waals surface area (Å²) in [6.07, 6.45) is 5.95. The molecule has 5 nitrogen and oxygen atoms in total. The normalized spacial score (nSPS) is 15.5. The second-order valence-electron chi connectivity index (χ2n) is 7.31. The van der Waals surface area contributed by atoms with E-state index in [-0.39, 0.29) is 17.2 Å². The summed E-state index contributed by atoms with van der Waals surface area (Å²) in [7, 11) is 0. The molecule has 29 heavy (non-hydrogen) atoms. The van der Waals surface area contributed by atoms with Crippen molar-refractivity contribution in [3.63, 3.8) is 0 Å². The van der Waals surface area contributed by atoms with Gasteiger partial charge in [0.15, 0.2) is 11.1 Å². The van der Waals surface area contributed by atoms with E-state index in [0.29, 0.717) is 10.7 Å². The highest BCUT2D eigenvalue weighted by molar-refractivity contribution is 7.78. The number of hydrogen-bond acceptors (Lipinski definition) is 3. The highest BCUT2D eigenvalue weighted by Gasteiger charge is 2.25. The lowest BCUT2D eigenvalue weighted by Gasteiger charge is -2.17. The van der Waals surface area contributed by atoms with Crippen molar-refractivity contribution in [1.29, 1.82) is 0 Å². The van der Waals surface area contributed by atoms with Crippen LogP contribution >= 0.6 is 11.6 Å². The molecule has 1 fully saturated rings. The van der Waals surface area contributed by atoms with Gasteiger partial charge in [-0.2, -0.15) is 9.78 Å². The SMILES string of the molecule is O=c1c(C2CCCC2)c(-c2ccc(CS(=O)O)cc2)cnn1-c1cccc(Cl)c1. The van der Waals surface area contributed by atoms with Crippen LogP contribution in [-0.4, -0.2) is 18.5 Å². The summed E-state index contributed by atoms with van der Waals surface area (Å²) in [5, 5.41) is 4.98. The van der Waals surface area contributed by atoms with E-state index in [9.17, 15) is 9.00 Å². The Labute approximate surface area is 176 Å². The molecule has 0 aliphatic heterocycles. The van der Waals surface area contributed by atoms with Gasteiger partial charge < -0.3 is 4.55 Å². The molecule has 0 spiro atoms. The van der Waals surface area contributed by atoms with Crippen LogP contribution in [0.3, 0.4) is 0 Å². The summed E-state index contributed by atoms with van der Waals surface area (Å²) < 4.78 is 21.5. The number of nitrogens with zero attached hydrogens (tertiary/aromatic N) is 2. The summed E-state index contributed by atoms with van der Waals surface area (Å²) in [5.41, 5.74) is 3.82. The Morgan fingerprint density at radius 2 is 1.86 bits per heavy atom. The number of rotatable bonds is 5. The summed E-state index contributed by atoms with van der Waals surface area (Å²) in [6.45, 7) is 0. The number of halogens is 1. The molecule has 7 heteroatoms. The first kappa shape index (κ1) is 20.0. The van der Waals surface area contributed by atoms with Crippen LogP contribution in [0.1, 0.15) is 42.7 Å². The molecular weight excluding hydrogens is 408 g/mol. The van der Waals surface area contributed by atoms with E-state index < -0.39 is 11.1 Å². The second-order valence-corrected chi connectivity index (χ2v) is 8.68. The maximum Gasteiger partial charge on any atom is 0.275 e. The minimum atomic E-state index is -1.88. The second kappa shape index (κ2) is 8.61. The van der Waals surface area contributed by atoms with Crippen molar-refractivity contribution in [2.45, 2.75) is 37.4 Å². The third-order valence-electron chi connectivity index (χ3n) is 5.39. The molecule has 1 N–H and O–H groups in total. The van der Waals surface area contributed by atoms with Crippen molar-refractivity contribution < 1.29 is 8.76 Å². The summed E-state index contributed by atoms with van der Waals surface area (Å²) in [5.74, 6) is 0.292. The maximum atomic E-state index is 13.5. The van der Waals surface area contributed by atoms with E-state index in [1.165, 1.54) is 4.68 Å². The van der Waals surface area contributed by atoms with Gasteiger partial charge in [0.1, 0.15) is 0 Å². The van der Waals surface area contributed by atoms with Crippen molar-refractivity contribution in [2.24, 2.45) is 0 Å². The Morgan fingerprint density at radius 3 is 2.52 bits per heavy atom. The molecule has 1 unspecified atom stereocenters. The zero-order chi connectivity index (χ0) is 20.4. The van der Waals surface area contributed by atoms with E-state index in [1.54, 1.807) is 24.4 Å². The van der Waals surface area contributed by atoms with Crippen LogP contribution in [-0.2, 0) is 16.8 Å². The first-order valence-corrected chi connectivity index (χ1v) is 11.2. The third-order valence-corrected chi connectivity index (χ3v) is 6.20. The van der Waals surface area contributed by atoms with E-state index in [2.05, 4.69) is 5.10 Å². The van der Waals surface area contributed by atoms with E-state index in [0.717, 1.165) is 47.9 Å². The first-order valence-electron chi connectivity index (χ1n) is 9.58. The van der Waals surface area contributed by atoms with Crippen molar-refractivity contribution in [1.82, 2.24) is 9.78 Å². The molecule has 1 aromatic heterocycles. The summed E-state index contributed by atoms with van der Waals surface area (Å²) in [6, 6.07) is 14.6. The zero-order valence-electron chi connectivity index (χ0n) is 15.8. The van der Waals surface area contributed by atoms with E-state index >= 15 is 0 Å². The summed E-state index contributed by atoms with van der Waals surface area (Å²) >= 11 is 4.23. The molecule has 0 radical (unpaired) electrons. The van der Waals surface area contributed by atoms with Crippen LogP contribution < -0.4 is 5.56 Å². The average molecular weight is 429 g/mol. The van der Waals surface area contributed by atoms with Crippen molar-refractivity contribution >= 4 is 22.7 Å². The Hall–Kier alpha value is -2.28. The van der Waals surface area contributed by atoms with Gasteiger partial charge >= 0.3 is 0 Å². The lowest BCUT2D eigenvalue weighted by atomic mass is 9.91. The Morgan fingerprint density at radius 1 is 1.14 bits per heavy atom. The fourth-order valence-corrected chi connectivity index (χ4v) is 4.68. The lowest BCUT2D eigenvalue weighted by Crippen LogP contribution is -2.27. The van der Waals surface area contributed by atoms with Crippen LogP contribution in [0.5, 0.6) is 0 Å². The highest BCUT2D eigenvalue weighted by Crippen LogP contribution is 2.37. The molecule has 2 aromatic carbocycles. The molecule has 1 aliphatic rings. The van der Waals surface area contributed by atoms with Gasteiger partial charge in [0, 0.05) is 16.1 Å². The monoisotopic (exact) mass is 428 g/mol. The Bertz CT molecular complexity index is 1110. The molecule has 3 aromatic rings. The molecule has 150 valence electrons. The predicted octanol–water partition coefficient (Wildman–Crippen LogP) is 4.93. The van der Waals surface area contributed by atoms with Crippen LogP contribution in [0.25, 0.3) is 16.8 Å². The van der Waals surface area contributed by atoms with Gasteiger partial charge in [-0.15, -0.1) is 0 Å². The quantitative estimate of drug-likeness (QED) is 0.584. The van der Waals surface area contributed by atoms with Gasteiger partial charge in [-0.3, -0.25) is 4.79 Å². The molecule has 4 rings (SSSR count). The number of benzene rings is 2. The lowest BCUT2D eigenvalue weighted by molar-refractivity contribution is 0.563. The smallest absolute Gasteiger partial charge is 0.275 e. The standard InChI is InChI=1S/C22H21ClN2O3S/c23-18-6-3-7-19(12-18)25-22(26)21(17-4-1-2-5-17)20(13-24-25)16-10-8-15(9-11-16)14-29(27)28/h3,6-13,17H,1-2,4-5,14H2,(H,27,28).